The summed E-state index contributed by atoms with van der Waals surface area (Å²) in [5.74, 6) is 0.354. The molecule has 2 nitrogen and oxygen atoms in total. The summed E-state index contributed by atoms with van der Waals surface area (Å²) in [6.45, 7) is 0.815. The molecule has 0 aliphatic heterocycles. The van der Waals surface area contributed by atoms with Crippen LogP contribution in [0.3, 0.4) is 0 Å². The van der Waals surface area contributed by atoms with Gasteiger partial charge in [-0.25, -0.2) is 0 Å². The maximum absolute atomic E-state index is 12.9. The third-order valence-corrected chi connectivity index (χ3v) is 3.48. The molecule has 2 rings (SSSR count). The van der Waals surface area contributed by atoms with E-state index in [1.54, 1.807) is 6.07 Å². The molecule has 0 aromatic heterocycles. The summed E-state index contributed by atoms with van der Waals surface area (Å²) >= 11 is 0. The molecule has 112 valence electrons. The van der Waals surface area contributed by atoms with E-state index in [-0.39, 0.29) is 11.9 Å². The zero-order chi connectivity index (χ0) is 14.8. The van der Waals surface area contributed by atoms with Gasteiger partial charge in [0.1, 0.15) is 11.9 Å². The molecule has 1 unspecified atom stereocenters. The minimum atomic E-state index is -4.37. The van der Waals surface area contributed by atoms with E-state index in [9.17, 15) is 13.2 Å². The number of rotatable bonds is 6. The Morgan fingerprint density at radius 2 is 1.90 bits per heavy atom. The Hall–Kier alpha value is -1.23. The summed E-state index contributed by atoms with van der Waals surface area (Å²) in [6.07, 6.45) is -1.64. The van der Waals surface area contributed by atoms with Crippen LogP contribution in [0.25, 0.3) is 0 Å². The molecule has 1 saturated carbocycles. The highest BCUT2D eigenvalue weighted by Crippen LogP contribution is 2.40. The Bertz CT molecular complexity index is 441. The highest BCUT2D eigenvalue weighted by Gasteiger charge is 2.37. The average Bonchev–Trinajstić information content (AvgIpc) is 3.17. The molecule has 1 aliphatic rings. The van der Waals surface area contributed by atoms with E-state index >= 15 is 0 Å². The van der Waals surface area contributed by atoms with Gasteiger partial charge in [-0.05, 0) is 51.4 Å². The molecule has 1 fully saturated rings. The van der Waals surface area contributed by atoms with E-state index in [0.717, 1.165) is 31.9 Å². The topological polar surface area (TPSA) is 12.5 Å². The van der Waals surface area contributed by atoms with Crippen molar-refractivity contribution in [3.8, 4) is 5.75 Å². The number of para-hydroxylation sites is 1. The van der Waals surface area contributed by atoms with Crippen LogP contribution in [0.1, 0.15) is 24.8 Å². The number of halogens is 3. The summed E-state index contributed by atoms with van der Waals surface area (Å²) in [5, 5.41) is 0. The third kappa shape index (κ3) is 4.13. The number of nitrogens with zero attached hydrogens (tertiary/aromatic N) is 1. The monoisotopic (exact) mass is 287 g/mol. The van der Waals surface area contributed by atoms with Crippen molar-refractivity contribution in [3.63, 3.8) is 0 Å². The zero-order valence-electron chi connectivity index (χ0n) is 11.8. The van der Waals surface area contributed by atoms with Gasteiger partial charge in [0.25, 0.3) is 0 Å². The van der Waals surface area contributed by atoms with E-state index in [0.29, 0.717) is 5.92 Å². The smallest absolute Gasteiger partial charge is 0.419 e. The van der Waals surface area contributed by atoms with Gasteiger partial charge in [-0.2, -0.15) is 13.2 Å². The second-order valence-corrected chi connectivity index (χ2v) is 5.58. The fourth-order valence-corrected chi connectivity index (χ4v) is 2.21. The predicted octanol–water partition coefficient (Wildman–Crippen LogP) is 3.81. The fourth-order valence-electron chi connectivity index (χ4n) is 2.21. The third-order valence-electron chi connectivity index (χ3n) is 3.48. The van der Waals surface area contributed by atoms with Crippen molar-refractivity contribution in [2.75, 3.05) is 20.6 Å². The zero-order valence-corrected chi connectivity index (χ0v) is 11.8. The van der Waals surface area contributed by atoms with Crippen molar-refractivity contribution >= 4 is 0 Å². The second kappa shape index (κ2) is 6.04. The quantitative estimate of drug-likeness (QED) is 0.788. The van der Waals surface area contributed by atoms with E-state index in [2.05, 4.69) is 0 Å². The van der Waals surface area contributed by atoms with E-state index < -0.39 is 11.7 Å². The Kier molecular flexibility index (Phi) is 4.58. The highest BCUT2D eigenvalue weighted by atomic mass is 19.4. The van der Waals surface area contributed by atoms with Crippen LogP contribution in [0.2, 0.25) is 0 Å². The Morgan fingerprint density at radius 1 is 1.25 bits per heavy atom. The van der Waals surface area contributed by atoms with Crippen LogP contribution in [0.4, 0.5) is 13.2 Å². The van der Waals surface area contributed by atoms with Gasteiger partial charge < -0.3 is 9.64 Å². The van der Waals surface area contributed by atoms with Crippen molar-refractivity contribution in [1.82, 2.24) is 4.90 Å². The summed E-state index contributed by atoms with van der Waals surface area (Å²) in [4.78, 5) is 2.02. The second-order valence-electron chi connectivity index (χ2n) is 5.58. The molecule has 0 heterocycles. The van der Waals surface area contributed by atoms with Crippen molar-refractivity contribution in [2.24, 2.45) is 5.92 Å². The summed E-state index contributed by atoms with van der Waals surface area (Å²) in [6, 6.07) is 5.46. The molecule has 0 radical (unpaired) electrons. The first-order valence-corrected chi connectivity index (χ1v) is 6.85. The Morgan fingerprint density at radius 3 is 2.45 bits per heavy atom. The molecule has 0 N–H and O–H groups in total. The van der Waals surface area contributed by atoms with Gasteiger partial charge in [0.15, 0.2) is 0 Å². The van der Waals surface area contributed by atoms with E-state index in [4.69, 9.17) is 4.74 Å². The Labute approximate surface area is 117 Å². The molecule has 1 atom stereocenters. The maximum atomic E-state index is 12.9. The number of ether oxygens (including phenoxy) is 1. The SMILES string of the molecule is CN(C)CCC(Oc1ccccc1C(F)(F)F)C1CC1. The van der Waals surface area contributed by atoms with Crippen molar-refractivity contribution in [3.05, 3.63) is 29.8 Å². The summed E-state index contributed by atoms with van der Waals surface area (Å²) in [7, 11) is 3.90. The van der Waals surface area contributed by atoms with Gasteiger partial charge in [-0.3, -0.25) is 0 Å². The molecular formula is C15H20F3NO. The van der Waals surface area contributed by atoms with Gasteiger partial charge in [0, 0.05) is 6.54 Å². The molecule has 20 heavy (non-hydrogen) atoms. The van der Waals surface area contributed by atoms with Gasteiger partial charge in [-0.1, -0.05) is 12.1 Å². The van der Waals surface area contributed by atoms with Gasteiger partial charge in [0.2, 0.25) is 0 Å². The lowest BCUT2D eigenvalue weighted by Gasteiger charge is -2.23. The minimum Gasteiger partial charge on any atom is -0.489 e. The number of hydrogen-bond acceptors (Lipinski definition) is 2. The van der Waals surface area contributed by atoms with Gasteiger partial charge >= 0.3 is 6.18 Å². The highest BCUT2D eigenvalue weighted by molar-refractivity contribution is 5.35. The number of benzene rings is 1. The minimum absolute atomic E-state index is 0.0457. The fraction of sp³-hybridized carbons (Fsp3) is 0.600. The number of hydrogen-bond donors (Lipinski definition) is 0. The molecular weight excluding hydrogens is 267 g/mol. The van der Waals surface area contributed by atoms with Crippen LogP contribution in [0, 0.1) is 5.92 Å². The lowest BCUT2D eigenvalue weighted by atomic mass is 10.1. The van der Waals surface area contributed by atoms with Gasteiger partial charge in [-0.15, -0.1) is 0 Å². The van der Waals surface area contributed by atoms with Crippen molar-refractivity contribution < 1.29 is 17.9 Å². The molecule has 0 saturated heterocycles. The maximum Gasteiger partial charge on any atom is 0.419 e. The first-order chi connectivity index (χ1) is 9.38. The van der Waals surface area contributed by atoms with Crippen LogP contribution < -0.4 is 4.74 Å². The first-order valence-electron chi connectivity index (χ1n) is 6.85. The largest absolute Gasteiger partial charge is 0.489 e. The normalized spacial score (nSPS) is 17.3. The summed E-state index contributed by atoms with van der Waals surface area (Å²) in [5.41, 5.74) is -0.685. The molecule has 1 aromatic rings. The van der Waals surface area contributed by atoms with Crippen LogP contribution in [-0.2, 0) is 6.18 Å². The molecule has 1 aliphatic carbocycles. The van der Waals surface area contributed by atoms with Crippen LogP contribution in [0.5, 0.6) is 5.75 Å². The molecule has 1 aromatic carbocycles. The standard InChI is InChI=1S/C15H20F3NO/c1-19(2)10-9-13(11-7-8-11)20-14-6-4-3-5-12(14)15(16,17)18/h3-6,11,13H,7-10H2,1-2H3. The summed E-state index contributed by atoms with van der Waals surface area (Å²) < 4.78 is 44.5. The number of alkyl halides is 3. The average molecular weight is 287 g/mol. The lowest BCUT2D eigenvalue weighted by Crippen LogP contribution is -2.26. The van der Waals surface area contributed by atoms with Crippen molar-refractivity contribution in [1.29, 1.82) is 0 Å². The van der Waals surface area contributed by atoms with Gasteiger partial charge in [0.05, 0.1) is 5.56 Å². The Balaban J connectivity index is 2.10. The molecule has 0 spiro atoms. The molecule has 0 bridgehead atoms. The van der Waals surface area contributed by atoms with Crippen LogP contribution in [0.15, 0.2) is 24.3 Å². The lowest BCUT2D eigenvalue weighted by molar-refractivity contribution is -0.139. The predicted molar refractivity (Wildman–Crippen MR) is 71.8 cm³/mol. The molecule has 0 amide bonds. The van der Waals surface area contributed by atoms with E-state index in [1.165, 1.54) is 12.1 Å². The van der Waals surface area contributed by atoms with Crippen LogP contribution >= 0.6 is 0 Å². The van der Waals surface area contributed by atoms with E-state index in [1.807, 2.05) is 19.0 Å². The van der Waals surface area contributed by atoms with Crippen LogP contribution in [-0.4, -0.2) is 31.6 Å². The van der Waals surface area contributed by atoms with Crippen molar-refractivity contribution in [2.45, 2.75) is 31.5 Å². The molecule has 5 heteroatoms. The first kappa shape index (κ1) is 15.2.